The number of imide groups is 2. The second-order valence-electron chi connectivity index (χ2n) is 24.3. The summed E-state index contributed by atoms with van der Waals surface area (Å²) < 4.78 is 53.5. The Morgan fingerprint density at radius 2 is 1.58 bits per heavy atom. The number of hydrogen-bond donors (Lipinski definition) is 5. The van der Waals surface area contributed by atoms with E-state index < -0.39 is 61.1 Å². The van der Waals surface area contributed by atoms with Crippen LogP contribution in [-0.4, -0.2) is 179 Å². The van der Waals surface area contributed by atoms with Crippen LogP contribution < -0.4 is 30.3 Å². The normalized spacial score (nSPS) is 18.7. The average molecular weight is 1290 g/mol. The fourth-order valence-corrected chi connectivity index (χ4v) is 13.3. The molecule has 0 spiro atoms. The van der Waals surface area contributed by atoms with E-state index in [1.54, 1.807) is 24.4 Å². The molecule has 4 aliphatic heterocycles. The maximum absolute atomic E-state index is 14.1. The maximum atomic E-state index is 14.1. The van der Waals surface area contributed by atoms with Crippen molar-refractivity contribution in [3.05, 3.63) is 140 Å². The minimum atomic E-state index is -4.64. The summed E-state index contributed by atoms with van der Waals surface area (Å²) >= 11 is 6.27. The molecule has 10 rings (SSSR count). The zero-order valence-corrected chi connectivity index (χ0v) is 53.1. The number of piperazine rings is 1. The SMILES string of the molecule is C=C(NCCOCCOCCOCCN1CCC(CNc2ccc(S(=O)(=O)NC(=O)c3ccc(N4CCN(CC5=C(c6ccc(Cl)cc6)CC(C)(C)CC5)CC4)cc3Oc3cnc4[nH]ccc4c3)cc2[N+](=O)[O-])CC1)C1=C(C)C(=O)N(C2CCC(=O)NC2=O)C1=O. The van der Waals surface area contributed by atoms with E-state index in [2.05, 4.69) is 77.9 Å². The van der Waals surface area contributed by atoms with Gasteiger partial charge in [-0.3, -0.25) is 49.2 Å². The number of aromatic nitrogens is 2. The van der Waals surface area contributed by atoms with Gasteiger partial charge in [-0.05, 0) is 130 Å². The van der Waals surface area contributed by atoms with Crippen molar-refractivity contribution >= 4 is 84.8 Å². The number of fused-ring (bicyclic) bond motifs is 1. The van der Waals surface area contributed by atoms with Gasteiger partial charge in [-0.1, -0.05) is 49.7 Å². The Morgan fingerprint density at radius 1 is 0.857 bits per heavy atom. The molecule has 0 bridgehead atoms. The van der Waals surface area contributed by atoms with Crippen molar-refractivity contribution in [1.29, 1.82) is 0 Å². The molecule has 5 N–H and O–H groups in total. The second kappa shape index (κ2) is 29.5. The van der Waals surface area contributed by atoms with Crippen molar-refractivity contribution in [2.75, 3.05) is 115 Å². The van der Waals surface area contributed by atoms with E-state index in [-0.39, 0.29) is 64.6 Å². The lowest BCUT2D eigenvalue weighted by Crippen LogP contribution is -2.54. The zero-order valence-electron chi connectivity index (χ0n) is 51.5. The molecule has 0 saturated carbocycles. The van der Waals surface area contributed by atoms with E-state index in [0.29, 0.717) is 75.6 Å². The third-order valence-corrected chi connectivity index (χ3v) is 19.0. The van der Waals surface area contributed by atoms with Crippen molar-refractivity contribution in [3.63, 3.8) is 0 Å². The van der Waals surface area contributed by atoms with Crippen LogP contribution in [0.3, 0.4) is 0 Å². The molecule has 1 unspecified atom stereocenters. The highest BCUT2D eigenvalue weighted by Crippen LogP contribution is 2.44. The number of carbonyl (C=O) groups is 5. The van der Waals surface area contributed by atoms with Gasteiger partial charge in [-0.25, -0.2) is 18.1 Å². The Labute approximate surface area is 533 Å². The van der Waals surface area contributed by atoms with E-state index in [9.17, 15) is 42.5 Å². The number of H-pyrrole nitrogens is 1. The van der Waals surface area contributed by atoms with Crippen LogP contribution in [0.25, 0.3) is 16.6 Å². The van der Waals surface area contributed by atoms with Crippen LogP contribution in [0.2, 0.25) is 5.02 Å². The number of nitro groups is 1. The summed E-state index contributed by atoms with van der Waals surface area (Å²) in [6.07, 6.45) is 8.16. The number of benzene rings is 3. The van der Waals surface area contributed by atoms with E-state index >= 15 is 0 Å². The Hall–Kier alpha value is -8.04. The van der Waals surface area contributed by atoms with E-state index in [0.717, 1.165) is 93.4 Å². The number of pyridine rings is 1. The molecule has 6 heterocycles. The molecule has 5 aromatic rings. The lowest BCUT2D eigenvalue weighted by atomic mass is 9.72. The highest BCUT2D eigenvalue weighted by Gasteiger charge is 2.45. The van der Waals surface area contributed by atoms with Gasteiger partial charge in [0.2, 0.25) is 11.8 Å². The van der Waals surface area contributed by atoms with Gasteiger partial charge in [0.15, 0.2) is 0 Å². The highest BCUT2D eigenvalue weighted by atomic mass is 35.5. The van der Waals surface area contributed by atoms with Crippen molar-refractivity contribution in [3.8, 4) is 11.5 Å². The van der Waals surface area contributed by atoms with Crippen LogP contribution in [0, 0.1) is 21.4 Å². The first-order valence-corrected chi connectivity index (χ1v) is 32.7. The highest BCUT2D eigenvalue weighted by molar-refractivity contribution is 7.90. The maximum Gasteiger partial charge on any atom is 0.293 e. The summed E-state index contributed by atoms with van der Waals surface area (Å²) in [6, 6.07) is 19.3. The third-order valence-electron chi connectivity index (χ3n) is 17.4. The number of sulfonamides is 1. The number of hydrogen-bond acceptors (Lipinski definition) is 19. The molecule has 5 aliphatic rings. The molecule has 91 heavy (non-hydrogen) atoms. The van der Waals surface area contributed by atoms with E-state index in [4.69, 9.17) is 30.5 Å². The summed E-state index contributed by atoms with van der Waals surface area (Å²) in [4.78, 5) is 90.8. The molecule has 1 aliphatic carbocycles. The Kier molecular flexibility index (Phi) is 21.4. The third kappa shape index (κ3) is 16.5. The van der Waals surface area contributed by atoms with Crippen molar-refractivity contribution < 1.29 is 56.3 Å². The minimum absolute atomic E-state index is 0.0324. The van der Waals surface area contributed by atoms with Gasteiger partial charge in [-0.15, -0.1) is 0 Å². The molecular formula is C65H78ClN11O13S. The van der Waals surface area contributed by atoms with Crippen molar-refractivity contribution in [1.82, 2.24) is 40.0 Å². The number of piperidine rings is 2. The Balaban J connectivity index is 0.648. The number of nitrogens with one attached hydrogen (secondary N) is 5. The molecule has 24 nitrogen and oxygen atoms in total. The van der Waals surface area contributed by atoms with Gasteiger partial charge >= 0.3 is 0 Å². The lowest BCUT2D eigenvalue weighted by Gasteiger charge is -2.39. The van der Waals surface area contributed by atoms with Crippen LogP contribution in [0.4, 0.5) is 17.1 Å². The number of halogens is 1. The number of nitro benzene ring substituents is 1. The standard InChI is InChI=1S/C65H78ClN11O13S/c1-42-59(64(82)76(63(42)81)55-13-14-58(78)71-62(55)80)43(2)67-21-29-87-31-33-89-34-32-88-30-28-73-22-17-44(18-23-73)39-69-54-12-10-51(37-56(54)77(83)84)91(85,86)72-61(79)52-11-9-49(36-57(52)90-50-35-46-16-20-68-60(46)70-40-50)75-26-24-74(25-27-75)41-47-15-19-65(3,4)38-53(47)45-5-7-48(66)8-6-45/h5-12,16,20,35-37,40,44,55,67,69H,2,13-15,17-19,21-34,38-39,41H2,1,3-4H3,(H,68,70)(H,72,79)(H,71,78,80). The molecule has 5 amide bonds. The van der Waals surface area contributed by atoms with Gasteiger partial charge < -0.3 is 44.4 Å². The molecule has 3 saturated heterocycles. The van der Waals surface area contributed by atoms with Gasteiger partial charge in [0.1, 0.15) is 28.9 Å². The first kappa shape index (κ1) is 65.9. The van der Waals surface area contributed by atoms with Crippen molar-refractivity contribution in [2.24, 2.45) is 11.3 Å². The molecule has 3 aromatic carbocycles. The zero-order chi connectivity index (χ0) is 64.4. The number of amides is 5. The van der Waals surface area contributed by atoms with E-state index in [1.807, 2.05) is 18.2 Å². The molecule has 3 fully saturated rings. The topological polar surface area (TPSA) is 289 Å². The summed E-state index contributed by atoms with van der Waals surface area (Å²) in [5, 5.41) is 22.3. The predicted molar refractivity (Wildman–Crippen MR) is 343 cm³/mol. The predicted octanol–water partition coefficient (Wildman–Crippen LogP) is 7.59. The van der Waals surface area contributed by atoms with Crippen molar-refractivity contribution in [2.45, 2.75) is 76.7 Å². The summed E-state index contributed by atoms with van der Waals surface area (Å²) in [6.45, 7) is 19.2. The van der Waals surface area contributed by atoms with Gasteiger partial charge in [-0.2, -0.15) is 0 Å². The van der Waals surface area contributed by atoms with Crippen LogP contribution in [0.15, 0.2) is 119 Å². The monoisotopic (exact) mass is 1290 g/mol. The number of aromatic amines is 1. The lowest BCUT2D eigenvalue weighted by molar-refractivity contribution is -0.384. The van der Waals surface area contributed by atoms with Crippen LogP contribution >= 0.6 is 11.6 Å². The molecule has 484 valence electrons. The number of anilines is 2. The Bertz CT molecular complexity index is 3740. The molecule has 1 atom stereocenters. The van der Waals surface area contributed by atoms with Crippen LogP contribution in [0.5, 0.6) is 11.5 Å². The molecule has 26 heteroatoms. The summed E-state index contributed by atoms with van der Waals surface area (Å²) in [7, 11) is -4.64. The summed E-state index contributed by atoms with van der Waals surface area (Å²) in [5.74, 6) is -2.70. The minimum Gasteiger partial charge on any atom is -0.455 e. The molecule has 2 aromatic heterocycles. The fraction of sp³-hybridized carbons (Fsp3) is 0.446. The second-order valence-corrected chi connectivity index (χ2v) is 26.4. The average Bonchev–Trinajstić information content (AvgIpc) is 1.75. The number of ether oxygens (including phenoxy) is 4. The van der Waals surface area contributed by atoms with E-state index in [1.165, 1.54) is 48.0 Å². The quantitative estimate of drug-likeness (QED) is 0.0139. The number of rotatable bonds is 28. The number of likely N-dealkylation sites (tertiary alicyclic amines) is 1. The largest absolute Gasteiger partial charge is 0.455 e. The Morgan fingerprint density at radius 3 is 2.31 bits per heavy atom. The first-order valence-electron chi connectivity index (χ1n) is 30.8. The van der Waals surface area contributed by atoms with Gasteiger partial charge in [0, 0.05) is 104 Å². The number of nitrogens with zero attached hydrogens (tertiary/aromatic N) is 6. The van der Waals surface area contributed by atoms with Gasteiger partial charge in [0.05, 0.1) is 66.8 Å². The number of carbonyl (C=O) groups excluding carboxylic acids is 5. The number of allylic oxidation sites excluding steroid dienone is 1. The summed E-state index contributed by atoms with van der Waals surface area (Å²) in [5.41, 5.74) is 5.84. The van der Waals surface area contributed by atoms with Crippen LogP contribution in [-0.2, 0) is 43.4 Å². The van der Waals surface area contributed by atoms with Crippen LogP contribution in [0.1, 0.15) is 81.6 Å². The smallest absolute Gasteiger partial charge is 0.293 e. The fourth-order valence-electron chi connectivity index (χ4n) is 12.2. The van der Waals surface area contributed by atoms with Gasteiger partial charge in [0.25, 0.3) is 33.4 Å². The molecular weight excluding hydrogens is 1210 g/mol. The molecule has 0 radical (unpaired) electrons. The first-order chi connectivity index (χ1) is 43.7.